The van der Waals surface area contributed by atoms with Crippen LogP contribution in [0.15, 0.2) is 47.5 Å². The molecular weight excluding hydrogens is 378 g/mol. The van der Waals surface area contributed by atoms with E-state index in [1.165, 1.54) is 11.1 Å². The van der Waals surface area contributed by atoms with Crippen LogP contribution in [-0.2, 0) is 16.7 Å². The average molecular weight is 412 g/mol. The second kappa shape index (κ2) is 10.3. The number of rotatable bonds is 7. The van der Waals surface area contributed by atoms with Crippen molar-refractivity contribution in [2.45, 2.75) is 31.7 Å². The molecule has 2 aromatic carbocycles. The Morgan fingerprint density at radius 2 is 1.83 bits per heavy atom. The topological polar surface area (TPSA) is 64.1 Å². The first-order valence-electron chi connectivity index (χ1n) is 10.4. The first-order valence-corrected chi connectivity index (χ1v) is 10.4. The van der Waals surface area contributed by atoms with Gasteiger partial charge in [0.1, 0.15) is 11.5 Å². The van der Waals surface area contributed by atoms with E-state index in [0.717, 1.165) is 55.6 Å². The van der Waals surface area contributed by atoms with Crippen LogP contribution >= 0.6 is 0 Å². The van der Waals surface area contributed by atoms with Crippen LogP contribution in [0.4, 0.5) is 0 Å². The van der Waals surface area contributed by atoms with Crippen molar-refractivity contribution in [3.63, 3.8) is 0 Å². The lowest BCUT2D eigenvalue weighted by Gasteiger charge is -2.39. The van der Waals surface area contributed by atoms with Crippen LogP contribution in [0.3, 0.4) is 0 Å². The highest BCUT2D eigenvalue weighted by Gasteiger charge is 2.35. The lowest BCUT2D eigenvalue weighted by atomic mass is 9.72. The molecule has 0 aromatic heterocycles. The molecule has 30 heavy (non-hydrogen) atoms. The molecule has 0 radical (unpaired) electrons. The van der Waals surface area contributed by atoms with Gasteiger partial charge in [0.05, 0.1) is 14.2 Å². The van der Waals surface area contributed by atoms with Crippen LogP contribution in [0.1, 0.15) is 29.5 Å². The summed E-state index contributed by atoms with van der Waals surface area (Å²) < 4.78 is 16.5. The number of aryl methyl sites for hydroxylation is 1. The van der Waals surface area contributed by atoms with E-state index in [9.17, 15) is 0 Å². The number of aliphatic imine (C=N–C) groups is 1. The second-order valence-electron chi connectivity index (χ2n) is 7.66. The van der Waals surface area contributed by atoms with E-state index >= 15 is 0 Å². The molecule has 0 spiro atoms. The summed E-state index contributed by atoms with van der Waals surface area (Å²) >= 11 is 0. The fourth-order valence-electron chi connectivity index (χ4n) is 4.12. The summed E-state index contributed by atoms with van der Waals surface area (Å²) in [5.74, 6) is 2.34. The van der Waals surface area contributed by atoms with Crippen LogP contribution in [0, 0.1) is 6.92 Å². The highest BCUT2D eigenvalue weighted by atomic mass is 16.5. The van der Waals surface area contributed by atoms with Crippen molar-refractivity contribution in [1.29, 1.82) is 0 Å². The summed E-state index contributed by atoms with van der Waals surface area (Å²) in [7, 11) is 5.12. The highest BCUT2D eigenvalue weighted by molar-refractivity contribution is 5.79. The largest absolute Gasteiger partial charge is 0.497 e. The number of nitrogens with zero attached hydrogens (tertiary/aromatic N) is 1. The highest BCUT2D eigenvalue weighted by Crippen LogP contribution is 2.36. The van der Waals surface area contributed by atoms with Crippen LogP contribution in [0.25, 0.3) is 0 Å². The molecule has 6 heteroatoms. The van der Waals surface area contributed by atoms with Gasteiger partial charge in [0.25, 0.3) is 0 Å². The van der Waals surface area contributed by atoms with Crippen molar-refractivity contribution in [3.8, 4) is 11.5 Å². The molecule has 2 N–H and O–H groups in total. The van der Waals surface area contributed by atoms with Crippen molar-refractivity contribution in [2.24, 2.45) is 4.99 Å². The summed E-state index contributed by atoms with van der Waals surface area (Å²) in [4.78, 5) is 4.42. The Bertz CT molecular complexity index is 861. The van der Waals surface area contributed by atoms with Gasteiger partial charge in [0.15, 0.2) is 5.96 Å². The molecule has 1 aliphatic rings. The van der Waals surface area contributed by atoms with Gasteiger partial charge in [-0.05, 0) is 43.0 Å². The monoisotopic (exact) mass is 411 g/mol. The van der Waals surface area contributed by atoms with Gasteiger partial charge in [0.2, 0.25) is 0 Å². The van der Waals surface area contributed by atoms with Gasteiger partial charge in [-0.15, -0.1) is 0 Å². The number of nitrogens with one attached hydrogen (secondary N) is 2. The molecule has 0 aliphatic carbocycles. The average Bonchev–Trinajstić information content (AvgIpc) is 2.80. The lowest BCUT2D eigenvalue weighted by Crippen LogP contribution is -2.48. The lowest BCUT2D eigenvalue weighted by molar-refractivity contribution is 0.0512. The third-order valence-corrected chi connectivity index (χ3v) is 5.92. The molecule has 0 atom stereocenters. The normalized spacial score (nSPS) is 16.1. The van der Waals surface area contributed by atoms with E-state index in [-0.39, 0.29) is 5.41 Å². The summed E-state index contributed by atoms with van der Waals surface area (Å²) in [6.07, 6.45) is 1.99. The molecule has 162 valence electrons. The predicted molar refractivity (Wildman–Crippen MR) is 121 cm³/mol. The van der Waals surface area contributed by atoms with Crippen molar-refractivity contribution >= 4 is 5.96 Å². The maximum absolute atomic E-state index is 5.67. The minimum atomic E-state index is 0.0407. The minimum absolute atomic E-state index is 0.0407. The number of hydrogen-bond donors (Lipinski definition) is 2. The fourth-order valence-corrected chi connectivity index (χ4v) is 4.12. The zero-order valence-electron chi connectivity index (χ0n) is 18.5. The van der Waals surface area contributed by atoms with Gasteiger partial charge >= 0.3 is 0 Å². The van der Waals surface area contributed by atoms with E-state index in [0.29, 0.717) is 6.54 Å². The number of guanidine groups is 1. The van der Waals surface area contributed by atoms with Crippen LogP contribution in [0.2, 0.25) is 0 Å². The Hall–Kier alpha value is -2.73. The molecule has 6 nitrogen and oxygen atoms in total. The number of hydrogen-bond acceptors (Lipinski definition) is 4. The minimum Gasteiger partial charge on any atom is -0.497 e. The quantitative estimate of drug-likeness (QED) is 0.540. The Morgan fingerprint density at radius 3 is 2.50 bits per heavy atom. The molecule has 1 saturated heterocycles. The smallest absolute Gasteiger partial charge is 0.191 e. The van der Waals surface area contributed by atoms with Gasteiger partial charge in [-0.1, -0.05) is 24.3 Å². The van der Waals surface area contributed by atoms with Gasteiger partial charge in [-0.3, -0.25) is 4.99 Å². The molecule has 0 bridgehead atoms. The van der Waals surface area contributed by atoms with Gasteiger partial charge in [-0.2, -0.15) is 0 Å². The van der Waals surface area contributed by atoms with Crippen molar-refractivity contribution in [2.75, 3.05) is 41.0 Å². The maximum atomic E-state index is 5.67. The molecule has 1 fully saturated rings. The third kappa shape index (κ3) is 5.05. The van der Waals surface area contributed by atoms with E-state index in [1.54, 1.807) is 21.3 Å². The second-order valence-corrected chi connectivity index (χ2v) is 7.66. The van der Waals surface area contributed by atoms with Gasteiger partial charge in [0, 0.05) is 50.4 Å². The Morgan fingerprint density at radius 1 is 1.07 bits per heavy atom. The van der Waals surface area contributed by atoms with E-state index in [2.05, 4.69) is 46.8 Å². The van der Waals surface area contributed by atoms with Gasteiger partial charge in [-0.25, -0.2) is 0 Å². The molecule has 1 aliphatic heterocycles. The van der Waals surface area contributed by atoms with E-state index < -0.39 is 0 Å². The molecule has 0 amide bonds. The molecule has 3 rings (SSSR count). The van der Waals surface area contributed by atoms with E-state index in [4.69, 9.17) is 14.2 Å². The van der Waals surface area contributed by atoms with Crippen LogP contribution < -0.4 is 20.1 Å². The molecule has 2 aromatic rings. The number of benzene rings is 2. The summed E-state index contributed by atoms with van der Waals surface area (Å²) in [5, 5.41) is 6.96. The molecule has 1 heterocycles. The Kier molecular flexibility index (Phi) is 7.57. The van der Waals surface area contributed by atoms with Gasteiger partial charge < -0.3 is 24.8 Å². The van der Waals surface area contributed by atoms with Crippen molar-refractivity contribution < 1.29 is 14.2 Å². The van der Waals surface area contributed by atoms with Crippen LogP contribution in [0.5, 0.6) is 11.5 Å². The Labute approximate surface area is 179 Å². The molecule has 0 saturated carbocycles. The van der Waals surface area contributed by atoms with Crippen LogP contribution in [-0.4, -0.2) is 47.0 Å². The predicted octanol–water partition coefficient (Wildman–Crippen LogP) is 3.43. The van der Waals surface area contributed by atoms with Crippen molar-refractivity contribution in [3.05, 3.63) is 59.2 Å². The molecule has 0 unspecified atom stereocenters. The van der Waals surface area contributed by atoms with E-state index in [1.807, 2.05) is 18.2 Å². The summed E-state index contributed by atoms with van der Waals surface area (Å²) in [6, 6.07) is 14.5. The fraction of sp³-hybridized carbons (Fsp3) is 0.458. The Balaban J connectivity index is 1.69. The maximum Gasteiger partial charge on any atom is 0.191 e. The zero-order chi connectivity index (χ0) is 21.4. The SMILES string of the molecule is CN=C(NCc1ccc(OC)cc1OC)NCC1(c2ccccc2C)CCOCC1. The standard InChI is InChI=1S/C24H33N3O3/c1-18-7-5-6-8-21(18)24(11-13-30-14-12-24)17-27-23(25-2)26-16-19-9-10-20(28-3)15-22(19)29-4/h5-10,15H,11-14,16-17H2,1-4H3,(H2,25,26,27). The third-order valence-electron chi connectivity index (χ3n) is 5.92. The number of ether oxygens (including phenoxy) is 3. The first-order chi connectivity index (χ1) is 14.6. The summed E-state index contributed by atoms with van der Waals surface area (Å²) in [6.45, 7) is 5.17. The first kappa shape index (κ1) is 22.0. The molecular formula is C24H33N3O3. The van der Waals surface area contributed by atoms with Crippen molar-refractivity contribution in [1.82, 2.24) is 10.6 Å². The number of methoxy groups -OCH3 is 2. The zero-order valence-corrected chi connectivity index (χ0v) is 18.5. The summed E-state index contributed by atoms with van der Waals surface area (Å²) in [5.41, 5.74) is 3.81.